The van der Waals surface area contributed by atoms with E-state index in [2.05, 4.69) is 31.1 Å². The van der Waals surface area contributed by atoms with E-state index in [1.807, 2.05) is 4.90 Å². The van der Waals surface area contributed by atoms with E-state index in [1.54, 1.807) is 0 Å². The SMILES string of the molecule is CCCN(CCC)/C(N)=N/C(N)=S.Cl. The van der Waals surface area contributed by atoms with Gasteiger partial charge < -0.3 is 16.4 Å². The van der Waals surface area contributed by atoms with E-state index in [0.717, 1.165) is 25.9 Å². The van der Waals surface area contributed by atoms with Crippen LogP contribution in [0.3, 0.4) is 0 Å². The third kappa shape index (κ3) is 6.91. The number of thiocarbonyl (C=S) groups is 1. The summed E-state index contributed by atoms with van der Waals surface area (Å²) in [6.07, 6.45) is 2.07. The van der Waals surface area contributed by atoms with E-state index in [0.29, 0.717) is 5.96 Å². The largest absolute Gasteiger partial charge is 0.374 e. The molecule has 0 saturated carbocycles. The zero-order valence-electron chi connectivity index (χ0n) is 8.69. The van der Waals surface area contributed by atoms with Crippen molar-refractivity contribution >= 4 is 35.7 Å². The molecule has 0 bridgehead atoms. The maximum absolute atomic E-state index is 5.70. The minimum atomic E-state index is 0. The van der Waals surface area contributed by atoms with Gasteiger partial charge in [0.2, 0.25) is 0 Å². The van der Waals surface area contributed by atoms with Crippen LogP contribution in [0.4, 0.5) is 0 Å². The second-order valence-corrected chi connectivity index (χ2v) is 3.21. The Kier molecular flexibility index (Phi) is 10.2. The van der Waals surface area contributed by atoms with Crippen LogP contribution in [0.2, 0.25) is 0 Å². The van der Waals surface area contributed by atoms with Gasteiger partial charge in [-0.3, -0.25) is 0 Å². The first-order valence-electron chi connectivity index (χ1n) is 4.50. The Bertz CT molecular complexity index is 190. The predicted molar refractivity (Wildman–Crippen MR) is 67.8 cm³/mol. The lowest BCUT2D eigenvalue weighted by atomic mass is 10.4. The van der Waals surface area contributed by atoms with Crippen LogP contribution < -0.4 is 11.5 Å². The molecule has 0 aromatic carbocycles. The molecule has 0 aromatic heterocycles. The molecule has 0 radical (unpaired) electrons. The minimum Gasteiger partial charge on any atom is -0.374 e. The summed E-state index contributed by atoms with van der Waals surface area (Å²) in [5, 5.41) is 0.0923. The highest BCUT2D eigenvalue weighted by Gasteiger charge is 2.04. The second kappa shape index (κ2) is 9.02. The van der Waals surface area contributed by atoms with Gasteiger partial charge >= 0.3 is 0 Å². The molecule has 6 heteroatoms. The van der Waals surface area contributed by atoms with Gasteiger partial charge in [-0.1, -0.05) is 13.8 Å². The topological polar surface area (TPSA) is 67.6 Å². The molecule has 0 aliphatic carbocycles. The Morgan fingerprint density at radius 2 is 1.64 bits per heavy atom. The molecule has 4 nitrogen and oxygen atoms in total. The smallest absolute Gasteiger partial charge is 0.198 e. The summed E-state index contributed by atoms with van der Waals surface area (Å²) in [7, 11) is 0. The van der Waals surface area contributed by atoms with Crippen molar-refractivity contribution in [3.63, 3.8) is 0 Å². The molecule has 84 valence electrons. The van der Waals surface area contributed by atoms with E-state index in [-0.39, 0.29) is 17.5 Å². The van der Waals surface area contributed by atoms with Gasteiger partial charge in [0.25, 0.3) is 0 Å². The Balaban J connectivity index is 0. The van der Waals surface area contributed by atoms with Gasteiger partial charge in [0.15, 0.2) is 11.1 Å². The standard InChI is InChI=1S/C8H18N4S.ClH/c1-3-5-12(6-4-2)7(9)11-8(10)13;/h3-6H2,1-2H3,(H4,9,10,11,13);1H. The number of halogens is 1. The van der Waals surface area contributed by atoms with E-state index in [4.69, 9.17) is 11.5 Å². The van der Waals surface area contributed by atoms with Gasteiger partial charge in [0.1, 0.15) is 0 Å². The maximum atomic E-state index is 5.70. The molecule has 0 amide bonds. The van der Waals surface area contributed by atoms with E-state index in [1.165, 1.54) is 0 Å². The van der Waals surface area contributed by atoms with Crippen LogP contribution in [0, 0.1) is 0 Å². The number of guanidine groups is 1. The number of hydrogen-bond acceptors (Lipinski definition) is 1. The van der Waals surface area contributed by atoms with Gasteiger partial charge in [0.05, 0.1) is 0 Å². The highest BCUT2D eigenvalue weighted by Crippen LogP contribution is 1.93. The Hall–Kier alpha value is -0.550. The number of nitrogens with zero attached hydrogens (tertiary/aromatic N) is 2. The van der Waals surface area contributed by atoms with Gasteiger partial charge in [-0.15, -0.1) is 12.4 Å². The predicted octanol–water partition coefficient (Wildman–Crippen LogP) is 1.09. The summed E-state index contributed by atoms with van der Waals surface area (Å²) in [4.78, 5) is 5.83. The van der Waals surface area contributed by atoms with Crippen LogP contribution >= 0.6 is 24.6 Å². The highest BCUT2D eigenvalue weighted by atomic mass is 35.5. The molecule has 0 fully saturated rings. The molecule has 0 heterocycles. The Morgan fingerprint density at radius 3 is 1.93 bits per heavy atom. The summed E-state index contributed by atoms with van der Waals surface area (Å²) in [6, 6.07) is 0. The van der Waals surface area contributed by atoms with Crippen molar-refractivity contribution in [2.24, 2.45) is 16.5 Å². The first-order chi connectivity index (χ1) is 6.11. The van der Waals surface area contributed by atoms with Crippen LogP contribution in [-0.4, -0.2) is 29.1 Å². The molecule has 0 unspecified atom stereocenters. The Labute approximate surface area is 97.1 Å². The van der Waals surface area contributed by atoms with Crippen molar-refractivity contribution in [3.05, 3.63) is 0 Å². The summed E-state index contributed by atoms with van der Waals surface area (Å²) >= 11 is 4.64. The average molecular weight is 239 g/mol. The van der Waals surface area contributed by atoms with Crippen molar-refractivity contribution in [3.8, 4) is 0 Å². The monoisotopic (exact) mass is 238 g/mol. The quantitative estimate of drug-likeness (QED) is 0.437. The van der Waals surface area contributed by atoms with Crippen LogP contribution in [0.15, 0.2) is 4.99 Å². The molecule has 0 aromatic rings. The fourth-order valence-corrected chi connectivity index (χ4v) is 1.16. The van der Waals surface area contributed by atoms with Crippen molar-refractivity contribution < 1.29 is 0 Å². The summed E-state index contributed by atoms with van der Waals surface area (Å²) in [5.41, 5.74) is 11.0. The van der Waals surface area contributed by atoms with E-state index < -0.39 is 0 Å². The zero-order valence-corrected chi connectivity index (χ0v) is 10.3. The van der Waals surface area contributed by atoms with Crippen molar-refractivity contribution in [1.82, 2.24) is 4.90 Å². The van der Waals surface area contributed by atoms with E-state index >= 15 is 0 Å². The first kappa shape index (κ1) is 15.9. The number of hydrogen-bond donors (Lipinski definition) is 2. The summed E-state index contributed by atoms with van der Waals surface area (Å²) < 4.78 is 0. The lowest BCUT2D eigenvalue weighted by Crippen LogP contribution is -2.39. The van der Waals surface area contributed by atoms with Crippen molar-refractivity contribution in [1.29, 1.82) is 0 Å². The van der Waals surface area contributed by atoms with Crippen LogP contribution in [0.25, 0.3) is 0 Å². The molecule has 0 aliphatic rings. The third-order valence-electron chi connectivity index (χ3n) is 1.54. The number of nitrogens with two attached hydrogens (primary N) is 2. The number of rotatable bonds is 4. The molecular formula is C8H19ClN4S. The minimum absolute atomic E-state index is 0. The van der Waals surface area contributed by atoms with Gasteiger partial charge in [-0.05, 0) is 25.1 Å². The fraction of sp³-hybridized carbons (Fsp3) is 0.750. The number of aliphatic imine (C=N–C) groups is 1. The molecule has 0 spiro atoms. The zero-order chi connectivity index (χ0) is 10.3. The molecule has 0 atom stereocenters. The first-order valence-corrected chi connectivity index (χ1v) is 4.91. The molecule has 0 aliphatic heterocycles. The molecule has 14 heavy (non-hydrogen) atoms. The van der Waals surface area contributed by atoms with Crippen LogP contribution in [0.5, 0.6) is 0 Å². The van der Waals surface area contributed by atoms with E-state index in [9.17, 15) is 0 Å². The molecular weight excluding hydrogens is 220 g/mol. The van der Waals surface area contributed by atoms with Crippen molar-refractivity contribution in [2.45, 2.75) is 26.7 Å². The second-order valence-electron chi connectivity index (χ2n) is 2.80. The summed E-state index contributed by atoms with van der Waals surface area (Å²) in [6.45, 7) is 5.98. The molecule has 0 rings (SSSR count). The van der Waals surface area contributed by atoms with Crippen molar-refractivity contribution in [2.75, 3.05) is 13.1 Å². The molecule has 4 N–H and O–H groups in total. The van der Waals surface area contributed by atoms with Gasteiger partial charge in [0, 0.05) is 13.1 Å². The lowest BCUT2D eigenvalue weighted by Gasteiger charge is -2.21. The molecule has 0 saturated heterocycles. The van der Waals surface area contributed by atoms with Crippen LogP contribution in [0.1, 0.15) is 26.7 Å². The third-order valence-corrected chi connectivity index (χ3v) is 1.63. The van der Waals surface area contributed by atoms with Crippen LogP contribution in [-0.2, 0) is 0 Å². The Morgan fingerprint density at radius 1 is 1.21 bits per heavy atom. The van der Waals surface area contributed by atoms with Gasteiger partial charge in [-0.25, -0.2) is 0 Å². The average Bonchev–Trinajstić information content (AvgIpc) is 2.02. The maximum Gasteiger partial charge on any atom is 0.198 e. The fourth-order valence-electron chi connectivity index (χ4n) is 1.06. The normalized spacial score (nSPS) is 10.6. The van der Waals surface area contributed by atoms with Gasteiger partial charge in [-0.2, -0.15) is 4.99 Å². The highest BCUT2D eigenvalue weighted by molar-refractivity contribution is 7.80. The lowest BCUT2D eigenvalue weighted by molar-refractivity contribution is 0.413. The summed E-state index contributed by atoms with van der Waals surface area (Å²) in [5.74, 6) is 0.427.